The highest BCUT2D eigenvalue weighted by Crippen LogP contribution is 2.26. The predicted octanol–water partition coefficient (Wildman–Crippen LogP) is 5.24. The van der Waals surface area contributed by atoms with Crippen molar-refractivity contribution in [2.45, 2.75) is 27.7 Å². The Bertz CT molecular complexity index is 1010. The molecule has 0 bridgehead atoms. The van der Waals surface area contributed by atoms with Crippen LogP contribution in [0, 0.1) is 40.0 Å². The van der Waals surface area contributed by atoms with E-state index < -0.39 is 0 Å². The van der Waals surface area contributed by atoms with Gasteiger partial charge in [-0.3, -0.25) is 0 Å². The van der Waals surface area contributed by atoms with Gasteiger partial charge in [-0.15, -0.1) is 6.42 Å². The van der Waals surface area contributed by atoms with Gasteiger partial charge >= 0.3 is 0 Å². The van der Waals surface area contributed by atoms with Gasteiger partial charge in [0.15, 0.2) is 0 Å². The van der Waals surface area contributed by atoms with Crippen LogP contribution in [0.4, 0.5) is 17.1 Å². The summed E-state index contributed by atoms with van der Waals surface area (Å²) in [6.45, 7) is 8.07. The maximum Gasteiger partial charge on any atom is 0.0781 e. The summed E-state index contributed by atoms with van der Waals surface area (Å²) in [4.78, 5) is 4.96. The molecule has 0 atom stereocenters. The quantitative estimate of drug-likeness (QED) is 0.378. The van der Waals surface area contributed by atoms with Gasteiger partial charge in [-0.25, -0.2) is 4.99 Å². The van der Waals surface area contributed by atoms with E-state index in [1.165, 1.54) is 0 Å². The highest BCUT2D eigenvalue weighted by atomic mass is 14.7. The van der Waals surface area contributed by atoms with Crippen molar-refractivity contribution >= 4 is 22.8 Å². The molecular weight excluding hydrogens is 342 g/mol. The molecule has 3 aromatic carbocycles. The van der Waals surface area contributed by atoms with E-state index in [-0.39, 0.29) is 0 Å². The van der Waals surface area contributed by atoms with Gasteiger partial charge in [0.1, 0.15) is 0 Å². The normalized spacial score (nSPS) is 10.4. The van der Waals surface area contributed by atoms with Crippen LogP contribution in [0.5, 0.6) is 0 Å². The van der Waals surface area contributed by atoms with Gasteiger partial charge in [-0.1, -0.05) is 5.92 Å². The van der Waals surface area contributed by atoms with Crippen LogP contribution in [-0.4, -0.2) is 5.71 Å². The first-order chi connectivity index (χ1) is 13.3. The fourth-order valence-electron chi connectivity index (χ4n) is 3.28. The summed E-state index contributed by atoms with van der Waals surface area (Å²) in [5, 5.41) is 0. The summed E-state index contributed by atoms with van der Waals surface area (Å²) in [7, 11) is 0. The molecule has 4 N–H and O–H groups in total. The van der Waals surface area contributed by atoms with Crippen molar-refractivity contribution in [3.05, 3.63) is 87.5 Å². The third kappa shape index (κ3) is 3.77. The summed E-state index contributed by atoms with van der Waals surface area (Å²) in [6, 6.07) is 16.0. The average Bonchev–Trinajstić information content (AvgIpc) is 2.68. The molecule has 0 aliphatic heterocycles. The minimum absolute atomic E-state index is 0.811. The molecule has 0 unspecified atom stereocenters. The lowest BCUT2D eigenvalue weighted by Gasteiger charge is -2.15. The topological polar surface area (TPSA) is 64.4 Å². The van der Waals surface area contributed by atoms with Crippen molar-refractivity contribution in [3.8, 4) is 12.3 Å². The molecule has 0 radical (unpaired) electrons. The first kappa shape index (κ1) is 19.3. The summed E-state index contributed by atoms with van der Waals surface area (Å²) in [5.74, 6) is 2.64. The zero-order chi connectivity index (χ0) is 20.4. The molecule has 3 aromatic rings. The molecule has 0 saturated heterocycles. The average molecular weight is 367 g/mol. The predicted molar refractivity (Wildman–Crippen MR) is 120 cm³/mol. The Hall–Kier alpha value is -3.51. The SMILES string of the molecule is C#Cc1ccc(N=C(c2cc(C)c(N)c(C)c2)c2cc(C)c(N)c(C)c2)cc1. The van der Waals surface area contributed by atoms with Gasteiger partial charge in [0.2, 0.25) is 0 Å². The molecular formula is C25H25N3. The van der Waals surface area contributed by atoms with E-state index in [1.54, 1.807) is 0 Å². The van der Waals surface area contributed by atoms with Crippen LogP contribution in [0.3, 0.4) is 0 Å². The van der Waals surface area contributed by atoms with Crippen molar-refractivity contribution in [2.75, 3.05) is 11.5 Å². The van der Waals surface area contributed by atoms with Gasteiger partial charge < -0.3 is 11.5 Å². The van der Waals surface area contributed by atoms with Gasteiger partial charge in [0, 0.05) is 28.1 Å². The third-order valence-electron chi connectivity index (χ3n) is 5.01. The fourth-order valence-corrected chi connectivity index (χ4v) is 3.28. The highest BCUT2D eigenvalue weighted by molar-refractivity contribution is 6.14. The lowest BCUT2D eigenvalue weighted by Crippen LogP contribution is -2.08. The van der Waals surface area contributed by atoms with Gasteiger partial charge in [0.05, 0.1) is 11.4 Å². The summed E-state index contributed by atoms with van der Waals surface area (Å²) < 4.78 is 0. The van der Waals surface area contributed by atoms with E-state index in [2.05, 4.69) is 30.2 Å². The van der Waals surface area contributed by atoms with Crippen LogP contribution in [0.25, 0.3) is 0 Å². The lowest BCUT2D eigenvalue weighted by atomic mass is 9.94. The van der Waals surface area contributed by atoms with Crippen LogP contribution >= 0.6 is 0 Å². The Morgan fingerprint density at radius 1 is 0.750 bits per heavy atom. The molecule has 0 spiro atoms. The van der Waals surface area contributed by atoms with Crippen molar-refractivity contribution in [1.29, 1.82) is 0 Å². The van der Waals surface area contributed by atoms with Crippen molar-refractivity contribution < 1.29 is 0 Å². The largest absolute Gasteiger partial charge is 0.398 e. The van der Waals surface area contributed by atoms with E-state index in [0.29, 0.717) is 0 Å². The molecule has 3 nitrogen and oxygen atoms in total. The van der Waals surface area contributed by atoms with Gasteiger partial charge in [-0.2, -0.15) is 0 Å². The zero-order valence-corrected chi connectivity index (χ0v) is 16.8. The molecule has 0 aliphatic carbocycles. The Balaban J connectivity index is 2.25. The maximum atomic E-state index is 6.17. The number of anilines is 2. The number of nitrogens with zero attached hydrogens (tertiary/aromatic N) is 1. The van der Waals surface area contributed by atoms with E-state index in [9.17, 15) is 0 Å². The van der Waals surface area contributed by atoms with Crippen LogP contribution in [-0.2, 0) is 0 Å². The monoisotopic (exact) mass is 367 g/mol. The number of aryl methyl sites for hydroxylation is 4. The third-order valence-corrected chi connectivity index (χ3v) is 5.01. The minimum Gasteiger partial charge on any atom is -0.398 e. The Morgan fingerprint density at radius 3 is 1.50 bits per heavy atom. The lowest BCUT2D eigenvalue weighted by molar-refractivity contribution is 1.35. The van der Waals surface area contributed by atoms with Crippen LogP contribution in [0.2, 0.25) is 0 Å². The summed E-state index contributed by atoms with van der Waals surface area (Å²) >= 11 is 0. The molecule has 28 heavy (non-hydrogen) atoms. The molecule has 0 amide bonds. The van der Waals surface area contributed by atoms with Crippen molar-refractivity contribution in [3.63, 3.8) is 0 Å². The molecule has 140 valence electrons. The number of terminal acetylenes is 1. The number of aliphatic imine (C=N–C) groups is 1. The Labute approximate surface area is 167 Å². The van der Waals surface area contributed by atoms with Crippen LogP contribution in [0.15, 0.2) is 53.5 Å². The van der Waals surface area contributed by atoms with Crippen molar-refractivity contribution in [2.24, 2.45) is 4.99 Å². The van der Waals surface area contributed by atoms with Crippen LogP contribution < -0.4 is 11.5 Å². The van der Waals surface area contributed by atoms with E-state index in [4.69, 9.17) is 22.9 Å². The minimum atomic E-state index is 0.811. The molecule has 0 aliphatic rings. The smallest absolute Gasteiger partial charge is 0.0781 e. The number of hydrogen-bond donors (Lipinski definition) is 2. The number of rotatable bonds is 3. The van der Waals surface area contributed by atoms with E-state index in [1.807, 2.05) is 52.0 Å². The van der Waals surface area contributed by atoms with Gasteiger partial charge in [-0.05, 0) is 98.5 Å². The highest BCUT2D eigenvalue weighted by Gasteiger charge is 2.13. The van der Waals surface area contributed by atoms with Crippen LogP contribution in [0.1, 0.15) is 38.9 Å². The molecule has 3 heteroatoms. The Kier molecular flexibility index (Phi) is 5.24. The summed E-state index contributed by atoms with van der Waals surface area (Å²) in [5.41, 5.74) is 22.7. The number of benzene rings is 3. The number of nitrogen functional groups attached to an aromatic ring is 2. The Morgan fingerprint density at radius 2 is 1.14 bits per heavy atom. The number of hydrogen-bond acceptors (Lipinski definition) is 3. The first-order valence-electron chi connectivity index (χ1n) is 9.19. The first-order valence-corrected chi connectivity index (χ1v) is 9.19. The molecule has 0 saturated carbocycles. The second kappa shape index (κ2) is 7.62. The standard InChI is InChI=1S/C25H25N3/c1-6-19-7-9-22(10-8-19)28-25(20-11-15(2)23(26)16(3)12-20)21-13-17(4)24(27)18(5)14-21/h1,7-14H,26-27H2,2-5H3. The fraction of sp³-hybridized carbons (Fsp3) is 0.160. The van der Waals surface area contributed by atoms with Crippen molar-refractivity contribution in [1.82, 2.24) is 0 Å². The molecule has 0 fully saturated rings. The molecule has 3 rings (SSSR count). The molecule has 0 aromatic heterocycles. The second-order valence-electron chi connectivity index (χ2n) is 7.20. The summed E-state index contributed by atoms with van der Waals surface area (Å²) in [6.07, 6.45) is 5.47. The maximum absolute atomic E-state index is 6.17. The zero-order valence-electron chi connectivity index (χ0n) is 16.8. The van der Waals surface area contributed by atoms with E-state index >= 15 is 0 Å². The second-order valence-corrected chi connectivity index (χ2v) is 7.20. The van der Waals surface area contributed by atoms with Gasteiger partial charge in [0.25, 0.3) is 0 Å². The number of nitrogens with two attached hydrogens (primary N) is 2. The van der Waals surface area contributed by atoms with E-state index in [0.717, 1.165) is 61.7 Å². The molecule has 0 heterocycles.